The average molecular weight is 399 g/mol. The predicted octanol–water partition coefficient (Wildman–Crippen LogP) is 4.38. The van der Waals surface area contributed by atoms with E-state index >= 15 is 0 Å². The maximum absolute atomic E-state index is 13.3. The Labute approximate surface area is 167 Å². The lowest BCUT2D eigenvalue weighted by Crippen LogP contribution is -2.31. The number of hydrogen-bond acceptors (Lipinski definition) is 3. The maximum Gasteiger partial charge on any atom is 0.319 e. The van der Waals surface area contributed by atoms with Gasteiger partial charge in [0.15, 0.2) is 0 Å². The van der Waals surface area contributed by atoms with Crippen molar-refractivity contribution >= 4 is 23.1 Å². The quantitative estimate of drug-likeness (QED) is 0.670. The van der Waals surface area contributed by atoms with Crippen LogP contribution in [0.3, 0.4) is 0 Å². The van der Waals surface area contributed by atoms with Crippen molar-refractivity contribution in [2.24, 2.45) is 0 Å². The summed E-state index contributed by atoms with van der Waals surface area (Å²) in [5.41, 5.74) is 2.96. The number of benzene rings is 1. The van der Waals surface area contributed by atoms with Crippen LogP contribution in [0.25, 0.3) is 5.00 Å². The van der Waals surface area contributed by atoms with Crippen molar-refractivity contribution < 1.29 is 9.18 Å². The molecule has 5 nitrogen and oxygen atoms in total. The number of amides is 2. The number of likely N-dealkylation sites (N-methyl/N-ethyl adjacent to an activating group) is 1. The van der Waals surface area contributed by atoms with Crippen LogP contribution in [0, 0.1) is 5.82 Å². The van der Waals surface area contributed by atoms with Crippen LogP contribution in [-0.2, 0) is 19.5 Å². The Balaban J connectivity index is 1.53. The van der Waals surface area contributed by atoms with E-state index in [0.29, 0.717) is 12.2 Å². The summed E-state index contributed by atoms with van der Waals surface area (Å²) in [6, 6.07) is 9.56. The van der Waals surface area contributed by atoms with Gasteiger partial charge in [0.05, 0.1) is 0 Å². The molecule has 0 saturated carbocycles. The van der Waals surface area contributed by atoms with Gasteiger partial charge in [0.2, 0.25) is 0 Å². The molecular formula is C21H23FN4OS. The molecule has 7 heteroatoms. The maximum atomic E-state index is 13.3. The number of urea groups is 1. The van der Waals surface area contributed by atoms with Gasteiger partial charge in [-0.1, -0.05) is 13.0 Å². The van der Waals surface area contributed by atoms with Gasteiger partial charge >= 0.3 is 6.03 Å². The minimum atomic E-state index is -0.375. The number of aromatic nitrogens is 1. The molecule has 2 N–H and O–H groups in total. The molecule has 146 valence electrons. The molecule has 1 aliphatic rings. The second kappa shape index (κ2) is 8.16. The number of anilines is 1. The summed E-state index contributed by atoms with van der Waals surface area (Å²) in [4.78, 5) is 16.1. The molecule has 0 bridgehead atoms. The van der Waals surface area contributed by atoms with Crippen LogP contribution < -0.4 is 10.6 Å². The van der Waals surface area contributed by atoms with Gasteiger partial charge in [-0.05, 0) is 48.9 Å². The molecule has 1 aromatic carbocycles. The van der Waals surface area contributed by atoms with E-state index in [1.54, 1.807) is 23.5 Å². The fourth-order valence-corrected chi connectivity index (χ4v) is 4.92. The first-order valence-corrected chi connectivity index (χ1v) is 10.2. The molecule has 2 amide bonds. The number of fused-ring (bicyclic) bond motifs is 1. The van der Waals surface area contributed by atoms with Crippen LogP contribution >= 0.6 is 11.3 Å². The number of nitrogens with one attached hydrogen (secondary N) is 2. The Hall–Kier alpha value is -2.64. The molecule has 1 aliphatic heterocycles. The summed E-state index contributed by atoms with van der Waals surface area (Å²) < 4.78 is 15.4. The fourth-order valence-electron chi connectivity index (χ4n) is 3.55. The summed E-state index contributed by atoms with van der Waals surface area (Å²) in [5, 5.41) is 6.78. The first-order chi connectivity index (χ1) is 13.6. The lowest BCUT2D eigenvalue weighted by molar-refractivity contribution is 0.251. The van der Waals surface area contributed by atoms with Gasteiger partial charge in [-0.15, -0.1) is 11.3 Å². The number of carbonyl (C=O) groups is 1. The molecule has 3 heterocycles. The molecule has 0 spiro atoms. The highest BCUT2D eigenvalue weighted by Crippen LogP contribution is 2.35. The van der Waals surface area contributed by atoms with Crippen LogP contribution in [0.2, 0.25) is 0 Å². The Morgan fingerprint density at radius 1 is 1.25 bits per heavy atom. The molecule has 3 aromatic rings. The molecule has 0 unspecified atom stereocenters. The van der Waals surface area contributed by atoms with Crippen molar-refractivity contribution in [1.29, 1.82) is 0 Å². The van der Waals surface area contributed by atoms with Crippen LogP contribution in [0.15, 0.2) is 48.8 Å². The number of thiophene rings is 1. The third kappa shape index (κ3) is 3.95. The van der Waals surface area contributed by atoms with Crippen molar-refractivity contribution in [1.82, 2.24) is 14.8 Å². The minimum absolute atomic E-state index is 0.338. The normalized spacial score (nSPS) is 13.9. The molecule has 4 rings (SSSR count). The van der Waals surface area contributed by atoms with E-state index < -0.39 is 0 Å². The smallest absolute Gasteiger partial charge is 0.319 e. The van der Waals surface area contributed by atoms with Crippen molar-refractivity contribution in [3.05, 3.63) is 70.6 Å². The number of hydrogen-bond donors (Lipinski definition) is 2. The molecule has 0 aliphatic carbocycles. The number of rotatable bonds is 5. The van der Waals surface area contributed by atoms with Crippen molar-refractivity contribution in [3.8, 4) is 5.00 Å². The molecule has 0 radical (unpaired) electrons. The van der Waals surface area contributed by atoms with Crippen molar-refractivity contribution in [2.45, 2.75) is 26.4 Å². The van der Waals surface area contributed by atoms with Gasteiger partial charge in [0.25, 0.3) is 0 Å². The molecule has 2 aromatic heterocycles. The lowest BCUT2D eigenvalue weighted by atomic mass is 10.0. The van der Waals surface area contributed by atoms with Crippen LogP contribution in [0.5, 0.6) is 0 Å². The molecular weight excluding hydrogens is 375 g/mol. The fraction of sp³-hybridized carbons (Fsp3) is 0.286. The van der Waals surface area contributed by atoms with Gasteiger partial charge in [0, 0.05) is 48.2 Å². The SMILES string of the molecule is CCN1CCc2c(sc(-n3cccc3)c2CNC(=O)Nc2cccc(F)c2)C1. The third-order valence-corrected chi connectivity index (χ3v) is 6.29. The molecule has 0 fully saturated rings. The van der Waals surface area contributed by atoms with E-state index in [2.05, 4.69) is 27.0 Å². The highest BCUT2D eigenvalue weighted by molar-refractivity contribution is 7.14. The Morgan fingerprint density at radius 2 is 2.07 bits per heavy atom. The van der Waals surface area contributed by atoms with E-state index in [9.17, 15) is 9.18 Å². The predicted molar refractivity (Wildman–Crippen MR) is 111 cm³/mol. The summed E-state index contributed by atoms with van der Waals surface area (Å²) in [5.74, 6) is -0.375. The zero-order chi connectivity index (χ0) is 19.5. The van der Waals surface area contributed by atoms with E-state index in [4.69, 9.17) is 0 Å². The van der Waals surface area contributed by atoms with Crippen molar-refractivity contribution in [2.75, 3.05) is 18.4 Å². The Bertz CT molecular complexity index is 967. The van der Waals surface area contributed by atoms with Gasteiger partial charge < -0.3 is 15.2 Å². The second-order valence-corrected chi connectivity index (χ2v) is 7.90. The van der Waals surface area contributed by atoms with E-state index in [0.717, 1.165) is 31.1 Å². The first-order valence-electron chi connectivity index (χ1n) is 9.43. The van der Waals surface area contributed by atoms with Gasteiger partial charge in [0.1, 0.15) is 10.8 Å². The van der Waals surface area contributed by atoms with E-state index in [-0.39, 0.29) is 11.8 Å². The second-order valence-electron chi connectivity index (χ2n) is 6.81. The lowest BCUT2D eigenvalue weighted by Gasteiger charge is -2.25. The third-order valence-electron chi connectivity index (χ3n) is 5.02. The van der Waals surface area contributed by atoms with Gasteiger partial charge in [-0.3, -0.25) is 4.90 Å². The van der Waals surface area contributed by atoms with Crippen molar-refractivity contribution in [3.63, 3.8) is 0 Å². The van der Waals surface area contributed by atoms with E-state index in [1.807, 2.05) is 24.5 Å². The molecule has 28 heavy (non-hydrogen) atoms. The average Bonchev–Trinajstić information content (AvgIpc) is 3.33. The standard InChI is InChI=1S/C21H23FN4OS/c1-2-25-11-8-17-18(20(28-19(17)14-25)26-9-3-4-10-26)13-23-21(27)24-16-7-5-6-15(22)12-16/h3-7,9-10,12H,2,8,11,13-14H2,1H3,(H2,23,24,27). The molecule has 0 saturated heterocycles. The summed E-state index contributed by atoms with van der Waals surface area (Å²) in [7, 11) is 0. The highest BCUT2D eigenvalue weighted by atomic mass is 32.1. The Morgan fingerprint density at radius 3 is 2.82 bits per heavy atom. The zero-order valence-corrected chi connectivity index (χ0v) is 16.6. The largest absolute Gasteiger partial charge is 0.334 e. The number of carbonyl (C=O) groups excluding carboxylic acids is 1. The highest BCUT2D eigenvalue weighted by Gasteiger charge is 2.24. The number of halogens is 1. The summed E-state index contributed by atoms with van der Waals surface area (Å²) >= 11 is 1.80. The Kier molecular flexibility index (Phi) is 5.45. The monoisotopic (exact) mass is 398 g/mol. The van der Waals surface area contributed by atoms with Crippen LogP contribution in [0.4, 0.5) is 14.9 Å². The van der Waals surface area contributed by atoms with Crippen LogP contribution in [-0.4, -0.2) is 28.6 Å². The van der Waals surface area contributed by atoms with Gasteiger partial charge in [-0.2, -0.15) is 0 Å². The van der Waals surface area contributed by atoms with Crippen LogP contribution in [0.1, 0.15) is 22.9 Å². The summed E-state index contributed by atoms with van der Waals surface area (Å²) in [6.07, 6.45) is 5.06. The summed E-state index contributed by atoms with van der Waals surface area (Å²) in [6.45, 7) is 5.66. The van der Waals surface area contributed by atoms with Gasteiger partial charge in [-0.25, -0.2) is 9.18 Å². The topological polar surface area (TPSA) is 49.3 Å². The zero-order valence-electron chi connectivity index (χ0n) is 15.7. The van der Waals surface area contributed by atoms with E-state index in [1.165, 1.54) is 28.1 Å². The number of nitrogens with zero attached hydrogens (tertiary/aromatic N) is 2. The molecule has 0 atom stereocenters. The first kappa shape index (κ1) is 18.7. The minimum Gasteiger partial charge on any atom is -0.334 e.